The van der Waals surface area contributed by atoms with E-state index < -0.39 is 65.7 Å². The summed E-state index contributed by atoms with van der Waals surface area (Å²) in [5.41, 5.74) is -0.865. The van der Waals surface area contributed by atoms with Crippen molar-refractivity contribution in [3.8, 4) is 5.75 Å². The molecule has 1 aromatic rings. The van der Waals surface area contributed by atoms with Gasteiger partial charge in [0, 0.05) is 40.0 Å². The van der Waals surface area contributed by atoms with E-state index in [1.807, 2.05) is 19.9 Å². The summed E-state index contributed by atoms with van der Waals surface area (Å²) in [5, 5.41) is 14.5. The number of anilines is 1. The van der Waals surface area contributed by atoms with Crippen molar-refractivity contribution in [2.24, 2.45) is 17.3 Å². The molecule has 0 spiro atoms. The number of hydrogen-bond donors (Lipinski definition) is 2. The number of carbonyl (C=O) groups excluding carboxylic acids is 4. The third-order valence-corrected chi connectivity index (χ3v) is 12.2. The van der Waals surface area contributed by atoms with Crippen molar-refractivity contribution in [2.75, 3.05) is 33.2 Å². The summed E-state index contributed by atoms with van der Waals surface area (Å²) in [7, 11) is 6.08. The Kier molecular flexibility index (Phi) is 13.8. The largest absolute Gasteiger partial charge is 0.495 e. The lowest BCUT2D eigenvalue weighted by Gasteiger charge is -2.42. The molecule has 306 valence electrons. The first-order valence-electron chi connectivity index (χ1n) is 18.9. The minimum absolute atomic E-state index is 0.0266. The van der Waals surface area contributed by atoms with Crippen molar-refractivity contribution >= 4 is 41.2 Å². The Morgan fingerprint density at radius 3 is 2.49 bits per heavy atom. The Bertz CT molecular complexity index is 1680. The highest BCUT2D eigenvalue weighted by Crippen LogP contribution is 2.49. The Balaban J connectivity index is 1.71. The SMILES string of the molecule is COc1cc2cc(c1Cl)N(C)C(=O)C[C@H](OC(=O)[C@H](C)N(C)C(=O)CCC(C)C(C)(C)C)[C@@]1(C)O[C@H]1[C@H](C)[C@@H]1C[C@@](O)(NC(=O)O1)[C@H](OC)/C=C/C=C(\C)C2. The van der Waals surface area contributed by atoms with E-state index in [-0.39, 0.29) is 41.5 Å². The Morgan fingerprint density at radius 1 is 1.20 bits per heavy atom. The molecular formula is C41H60ClN3O10. The average Bonchev–Trinajstić information content (AvgIpc) is 3.81. The number of fused-ring (bicyclic) bond motifs is 5. The predicted molar refractivity (Wildman–Crippen MR) is 209 cm³/mol. The molecule has 2 saturated heterocycles. The number of nitrogens with zero attached hydrogens (tertiary/aromatic N) is 2. The number of allylic oxidation sites excluding steroid dienone is 3. The predicted octanol–water partition coefficient (Wildman–Crippen LogP) is 5.98. The molecule has 0 aliphatic carbocycles. The highest BCUT2D eigenvalue weighted by molar-refractivity contribution is 6.35. The fourth-order valence-corrected chi connectivity index (χ4v) is 7.48. The zero-order valence-electron chi connectivity index (χ0n) is 34.4. The summed E-state index contributed by atoms with van der Waals surface area (Å²) in [6, 6.07) is 2.63. The second kappa shape index (κ2) is 17.2. The molecule has 4 bridgehead atoms. The van der Waals surface area contributed by atoms with Crippen LogP contribution in [0.3, 0.4) is 0 Å². The quantitative estimate of drug-likeness (QED) is 0.238. The molecule has 0 radical (unpaired) electrons. The van der Waals surface area contributed by atoms with E-state index in [0.717, 1.165) is 11.1 Å². The van der Waals surface area contributed by atoms with Gasteiger partial charge in [-0.25, -0.2) is 9.59 Å². The smallest absolute Gasteiger partial charge is 0.409 e. The van der Waals surface area contributed by atoms with Crippen molar-refractivity contribution in [1.82, 2.24) is 10.2 Å². The van der Waals surface area contributed by atoms with Crippen LogP contribution >= 0.6 is 11.6 Å². The fourth-order valence-electron chi connectivity index (χ4n) is 7.17. The van der Waals surface area contributed by atoms with Crippen LogP contribution in [0.1, 0.15) is 86.6 Å². The van der Waals surface area contributed by atoms with Crippen molar-refractivity contribution in [1.29, 1.82) is 0 Å². The topological polar surface area (TPSA) is 156 Å². The molecular weight excluding hydrogens is 730 g/mol. The molecule has 2 N–H and O–H groups in total. The summed E-state index contributed by atoms with van der Waals surface area (Å²) in [6.07, 6.45) is 1.92. The molecule has 55 heavy (non-hydrogen) atoms. The summed E-state index contributed by atoms with van der Waals surface area (Å²) in [5.74, 6) is -1.20. The standard InChI is InChI=1S/C41H60ClN3O10/c1-23-14-13-15-31(52-12)41(50)22-30(53-38(49)43-41)25(3)36-40(8,55-36)32(21-34(47)45(10)28-19-27(18-23)20-29(51-11)35(28)42)54-37(48)26(4)44(9)33(46)17-16-24(2)39(5,6)7/h13-15,19-20,24-26,30-32,36,50H,16-18,21-22H2,1-12H3,(H,43,49)/b15-13+,23-14+/t24?,25-,26+,30+,31-,32+,36+,40-,41+/m1/s1. The fraction of sp³-hybridized carbons (Fsp3) is 0.659. The number of esters is 1. The molecule has 3 aliphatic rings. The van der Waals surface area contributed by atoms with Gasteiger partial charge in [0.2, 0.25) is 11.8 Å². The zero-order chi connectivity index (χ0) is 41.2. The van der Waals surface area contributed by atoms with Crippen molar-refractivity contribution < 1.29 is 48.0 Å². The van der Waals surface area contributed by atoms with Gasteiger partial charge in [0.15, 0.2) is 5.72 Å². The molecule has 2 fully saturated rings. The molecule has 13 nitrogen and oxygen atoms in total. The molecule has 3 aliphatic heterocycles. The first kappa shape index (κ1) is 44.1. The summed E-state index contributed by atoms with van der Waals surface area (Å²) in [6.45, 7) is 15.5. The molecule has 14 heteroatoms. The first-order chi connectivity index (χ1) is 25.6. The van der Waals surface area contributed by atoms with E-state index in [9.17, 15) is 24.3 Å². The van der Waals surface area contributed by atoms with Gasteiger partial charge in [-0.1, -0.05) is 70.0 Å². The minimum Gasteiger partial charge on any atom is -0.495 e. The van der Waals surface area contributed by atoms with Gasteiger partial charge >= 0.3 is 12.1 Å². The van der Waals surface area contributed by atoms with E-state index >= 15 is 0 Å². The second-order valence-corrected chi connectivity index (χ2v) is 17.1. The second-order valence-electron chi connectivity index (χ2n) is 16.7. The van der Waals surface area contributed by atoms with E-state index in [1.54, 1.807) is 52.2 Å². The molecule has 4 rings (SSSR count). The number of benzene rings is 1. The number of ether oxygens (including phenoxy) is 5. The zero-order valence-corrected chi connectivity index (χ0v) is 35.1. The highest BCUT2D eigenvalue weighted by Gasteiger charge is 2.64. The number of amides is 3. The third-order valence-electron chi connectivity index (χ3n) is 11.8. The van der Waals surface area contributed by atoms with Crippen LogP contribution in [0.15, 0.2) is 35.9 Å². The number of alkyl carbamates (subject to hydrolysis) is 1. The Labute approximate surface area is 330 Å². The number of likely N-dealkylation sites (N-methyl/N-ethyl adjacent to an activating group) is 1. The highest BCUT2D eigenvalue weighted by atomic mass is 35.5. The van der Waals surface area contributed by atoms with Gasteiger partial charge in [0.1, 0.15) is 40.7 Å². The van der Waals surface area contributed by atoms with Crippen LogP contribution in [0, 0.1) is 17.3 Å². The number of methoxy groups -OCH3 is 2. The number of carbonyl (C=O) groups is 4. The monoisotopic (exact) mass is 789 g/mol. The number of rotatable bonds is 8. The van der Waals surface area contributed by atoms with Gasteiger partial charge < -0.3 is 38.6 Å². The van der Waals surface area contributed by atoms with Crippen LogP contribution in [0.2, 0.25) is 5.02 Å². The van der Waals surface area contributed by atoms with Crippen LogP contribution < -0.4 is 15.0 Å². The minimum atomic E-state index is -1.82. The summed E-state index contributed by atoms with van der Waals surface area (Å²) >= 11 is 6.78. The van der Waals surface area contributed by atoms with Gasteiger partial charge in [0.05, 0.1) is 25.3 Å². The molecule has 1 aromatic carbocycles. The number of aliphatic hydroxyl groups is 1. The normalized spacial score (nSPS) is 31.4. The lowest BCUT2D eigenvalue weighted by Crippen LogP contribution is -2.63. The average molecular weight is 790 g/mol. The van der Waals surface area contributed by atoms with Crippen molar-refractivity contribution in [3.05, 3.63) is 46.5 Å². The van der Waals surface area contributed by atoms with Gasteiger partial charge in [-0.15, -0.1) is 0 Å². The molecule has 1 unspecified atom stereocenters. The van der Waals surface area contributed by atoms with Crippen LogP contribution in [-0.2, 0) is 39.8 Å². The van der Waals surface area contributed by atoms with E-state index in [1.165, 1.54) is 24.0 Å². The lowest BCUT2D eigenvalue weighted by molar-refractivity contribution is -0.162. The lowest BCUT2D eigenvalue weighted by atomic mass is 9.79. The molecule has 0 saturated carbocycles. The summed E-state index contributed by atoms with van der Waals surface area (Å²) in [4.78, 5) is 56.9. The first-order valence-corrected chi connectivity index (χ1v) is 19.3. The molecule has 3 amide bonds. The maximum atomic E-state index is 14.2. The summed E-state index contributed by atoms with van der Waals surface area (Å²) < 4.78 is 29.3. The van der Waals surface area contributed by atoms with E-state index in [2.05, 4.69) is 33.0 Å². The number of hydrogen-bond acceptors (Lipinski definition) is 10. The van der Waals surface area contributed by atoms with Gasteiger partial charge in [-0.05, 0) is 62.6 Å². The van der Waals surface area contributed by atoms with Gasteiger partial charge in [-0.2, -0.15) is 0 Å². The number of epoxide rings is 1. The maximum absolute atomic E-state index is 14.2. The van der Waals surface area contributed by atoms with Crippen molar-refractivity contribution in [3.63, 3.8) is 0 Å². The third kappa shape index (κ3) is 10.0. The van der Waals surface area contributed by atoms with Crippen molar-refractivity contribution in [2.45, 2.75) is 129 Å². The Morgan fingerprint density at radius 2 is 1.87 bits per heavy atom. The van der Waals surface area contributed by atoms with E-state index in [4.69, 9.17) is 35.3 Å². The van der Waals surface area contributed by atoms with Crippen LogP contribution in [0.25, 0.3) is 0 Å². The Hall–Kier alpha value is -3.65. The van der Waals surface area contributed by atoms with E-state index in [0.29, 0.717) is 24.3 Å². The molecule has 0 aromatic heterocycles. The molecule has 3 heterocycles. The van der Waals surface area contributed by atoms with Crippen LogP contribution in [0.4, 0.5) is 10.5 Å². The van der Waals surface area contributed by atoms with Crippen LogP contribution in [-0.4, -0.2) is 104 Å². The molecule has 9 atom stereocenters. The van der Waals surface area contributed by atoms with Gasteiger partial charge in [0.25, 0.3) is 0 Å². The maximum Gasteiger partial charge on any atom is 0.409 e. The number of nitrogens with one attached hydrogen (secondary N) is 1. The van der Waals surface area contributed by atoms with Crippen LogP contribution in [0.5, 0.6) is 5.75 Å². The number of halogens is 1. The van der Waals surface area contributed by atoms with Gasteiger partial charge in [-0.3, -0.25) is 14.9 Å².